The van der Waals surface area contributed by atoms with Crippen molar-refractivity contribution in [2.75, 3.05) is 13.1 Å². The van der Waals surface area contributed by atoms with E-state index in [9.17, 15) is 14.4 Å². The van der Waals surface area contributed by atoms with E-state index in [4.69, 9.17) is 5.73 Å². The molecule has 96 valence electrons. The molecule has 0 aromatic carbocycles. The van der Waals surface area contributed by atoms with Gasteiger partial charge >= 0.3 is 6.03 Å². The summed E-state index contributed by atoms with van der Waals surface area (Å²) in [6, 6.07) is -1.23. The lowest BCUT2D eigenvalue weighted by Gasteiger charge is -2.34. The summed E-state index contributed by atoms with van der Waals surface area (Å²) < 4.78 is 0. The predicted octanol–water partition coefficient (Wildman–Crippen LogP) is -0.129. The van der Waals surface area contributed by atoms with Crippen molar-refractivity contribution in [2.24, 2.45) is 11.7 Å². The van der Waals surface area contributed by atoms with Gasteiger partial charge in [-0.25, -0.2) is 4.79 Å². The van der Waals surface area contributed by atoms with E-state index in [2.05, 4.69) is 5.32 Å². The van der Waals surface area contributed by atoms with Crippen LogP contribution in [0.3, 0.4) is 0 Å². The second-order valence-corrected chi connectivity index (χ2v) is 4.45. The molecule has 3 amide bonds. The molecule has 1 atom stereocenters. The molecule has 0 aliphatic carbocycles. The van der Waals surface area contributed by atoms with E-state index in [0.717, 1.165) is 12.8 Å². The lowest BCUT2D eigenvalue weighted by molar-refractivity contribution is -0.126. The lowest BCUT2D eigenvalue weighted by atomic mass is 9.92. The molecule has 1 aliphatic heterocycles. The van der Waals surface area contributed by atoms with E-state index in [1.165, 1.54) is 0 Å². The van der Waals surface area contributed by atoms with E-state index < -0.39 is 18.0 Å². The molecule has 17 heavy (non-hydrogen) atoms. The summed E-state index contributed by atoms with van der Waals surface area (Å²) in [5, 5.41) is 2.07. The molecule has 0 radical (unpaired) electrons. The van der Waals surface area contributed by atoms with Crippen molar-refractivity contribution in [3.8, 4) is 0 Å². The zero-order valence-corrected chi connectivity index (χ0v) is 10.2. The number of Topliss-reactive ketones (excluding diaryl/α,β-unsaturated/α-hetero) is 1. The highest BCUT2D eigenvalue weighted by Gasteiger charge is 2.28. The SMILES string of the molecule is CC(=O)C1CCN(C(C)C(=O)NC(N)=O)CC1. The van der Waals surface area contributed by atoms with Crippen LogP contribution in [0.5, 0.6) is 0 Å². The molecule has 1 aliphatic rings. The van der Waals surface area contributed by atoms with Gasteiger partial charge in [0.2, 0.25) is 5.91 Å². The zero-order chi connectivity index (χ0) is 13.0. The van der Waals surface area contributed by atoms with Gasteiger partial charge in [0.1, 0.15) is 5.78 Å². The highest BCUT2D eigenvalue weighted by atomic mass is 16.2. The van der Waals surface area contributed by atoms with Crippen LogP contribution in [0.2, 0.25) is 0 Å². The van der Waals surface area contributed by atoms with Crippen molar-refractivity contribution in [2.45, 2.75) is 32.7 Å². The number of carbonyl (C=O) groups is 3. The summed E-state index contributed by atoms with van der Waals surface area (Å²) in [7, 11) is 0. The number of hydrogen-bond donors (Lipinski definition) is 2. The first kappa shape index (κ1) is 13.6. The minimum atomic E-state index is -0.833. The Hall–Kier alpha value is -1.43. The van der Waals surface area contributed by atoms with Gasteiger partial charge in [0, 0.05) is 5.92 Å². The Morgan fingerprint density at radius 3 is 2.24 bits per heavy atom. The van der Waals surface area contributed by atoms with E-state index in [1.54, 1.807) is 13.8 Å². The largest absolute Gasteiger partial charge is 0.351 e. The molecule has 3 N–H and O–H groups in total. The molecule has 0 spiro atoms. The Bertz CT molecular complexity index is 322. The van der Waals surface area contributed by atoms with Crippen LogP contribution in [0.4, 0.5) is 4.79 Å². The highest BCUT2D eigenvalue weighted by Crippen LogP contribution is 2.19. The maximum atomic E-state index is 11.5. The van der Waals surface area contributed by atoms with Crippen LogP contribution in [0.25, 0.3) is 0 Å². The second-order valence-electron chi connectivity index (χ2n) is 4.45. The molecule has 1 unspecified atom stereocenters. The molecular formula is C11H19N3O3. The standard InChI is InChI=1S/C11H19N3O3/c1-7(10(16)13-11(12)17)14-5-3-9(4-6-14)8(2)15/h7,9H,3-6H2,1-2H3,(H3,12,13,16,17). The predicted molar refractivity (Wildman–Crippen MR) is 62.2 cm³/mol. The van der Waals surface area contributed by atoms with Crippen LogP contribution in [-0.2, 0) is 9.59 Å². The van der Waals surface area contributed by atoms with Crippen molar-refractivity contribution >= 4 is 17.7 Å². The lowest BCUT2D eigenvalue weighted by Crippen LogP contribution is -2.51. The third-order valence-corrected chi connectivity index (χ3v) is 3.28. The number of ketones is 1. The first-order chi connectivity index (χ1) is 7.91. The smallest absolute Gasteiger partial charge is 0.318 e. The van der Waals surface area contributed by atoms with Crippen LogP contribution in [0.1, 0.15) is 26.7 Å². The number of nitrogens with two attached hydrogens (primary N) is 1. The van der Waals surface area contributed by atoms with E-state index in [1.807, 2.05) is 4.90 Å². The second kappa shape index (κ2) is 5.77. The van der Waals surface area contributed by atoms with Gasteiger partial charge in [-0.1, -0.05) is 0 Å². The summed E-state index contributed by atoms with van der Waals surface area (Å²) in [6.07, 6.45) is 1.53. The van der Waals surface area contributed by atoms with Crippen LogP contribution in [0.15, 0.2) is 0 Å². The van der Waals surface area contributed by atoms with Gasteiger partial charge in [0.25, 0.3) is 0 Å². The van der Waals surface area contributed by atoms with Crippen molar-refractivity contribution in [3.63, 3.8) is 0 Å². The van der Waals surface area contributed by atoms with Gasteiger partial charge in [0.15, 0.2) is 0 Å². The number of nitrogens with zero attached hydrogens (tertiary/aromatic N) is 1. The van der Waals surface area contributed by atoms with Crippen LogP contribution >= 0.6 is 0 Å². The highest BCUT2D eigenvalue weighted by molar-refractivity contribution is 5.96. The molecule has 1 fully saturated rings. The third-order valence-electron chi connectivity index (χ3n) is 3.28. The molecule has 6 heteroatoms. The molecule has 0 aromatic rings. The number of rotatable bonds is 3. The molecular weight excluding hydrogens is 222 g/mol. The maximum absolute atomic E-state index is 11.5. The summed E-state index contributed by atoms with van der Waals surface area (Å²) in [6.45, 7) is 4.71. The number of likely N-dealkylation sites (tertiary alicyclic amines) is 1. The van der Waals surface area contributed by atoms with Gasteiger partial charge in [0.05, 0.1) is 6.04 Å². The normalized spacial score (nSPS) is 19.6. The fraction of sp³-hybridized carbons (Fsp3) is 0.727. The summed E-state index contributed by atoms with van der Waals surface area (Å²) >= 11 is 0. The number of urea groups is 1. The first-order valence-electron chi connectivity index (χ1n) is 5.76. The fourth-order valence-electron chi connectivity index (χ4n) is 2.08. The van der Waals surface area contributed by atoms with E-state index >= 15 is 0 Å². The number of nitrogens with one attached hydrogen (secondary N) is 1. The maximum Gasteiger partial charge on any atom is 0.318 e. The van der Waals surface area contributed by atoms with Gasteiger partial charge in [-0.05, 0) is 39.8 Å². The number of imide groups is 1. The Morgan fingerprint density at radius 1 is 1.29 bits per heavy atom. The van der Waals surface area contributed by atoms with Crippen LogP contribution in [-0.4, -0.2) is 41.8 Å². The van der Waals surface area contributed by atoms with E-state index in [0.29, 0.717) is 13.1 Å². The minimum absolute atomic E-state index is 0.109. The molecule has 0 aromatic heterocycles. The number of primary amides is 1. The van der Waals surface area contributed by atoms with Crippen molar-refractivity contribution in [1.82, 2.24) is 10.2 Å². The quantitative estimate of drug-likeness (QED) is 0.720. The Balaban J connectivity index is 2.45. The van der Waals surface area contributed by atoms with Crippen molar-refractivity contribution in [1.29, 1.82) is 0 Å². The zero-order valence-electron chi connectivity index (χ0n) is 10.2. The molecule has 0 saturated carbocycles. The topological polar surface area (TPSA) is 92.5 Å². The van der Waals surface area contributed by atoms with Gasteiger partial charge in [-0.3, -0.25) is 19.8 Å². The number of amides is 3. The summed E-state index contributed by atoms with van der Waals surface area (Å²) in [5.41, 5.74) is 4.89. The average molecular weight is 241 g/mol. The fourth-order valence-corrected chi connectivity index (χ4v) is 2.08. The number of hydrogen-bond acceptors (Lipinski definition) is 4. The molecule has 0 bridgehead atoms. The van der Waals surface area contributed by atoms with E-state index in [-0.39, 0.29) is 11.7 Å². The third kappa shape index (κ3) is 3.81. The number of carbonyl (C=O) groups excluding carboxylic acids is 3. The average Bonchev–Trinajstić information content (AvgIpc) is 2.27. The summed E-state index contributed by atoms with van der Waals surface area (Å²) in [5.74, 6) is -0.0738. The van der Waals surface area contributed by atoms with Gasteiger partial charge in [-0.2, -0.15) is 0 Å². The van der Waals surface area contributed by atoms with Crippen LogP contribution < -0.4 is 11.1 Å². The van der Waals surface area contributed by atoms with Gasteiger partial charge < -0.3 is 5.73 Å². The van der Waals surface area contributed by atoms with Crippen molar-refractivity contribution in [3.05, 3.63) is 0 Å². The minimum Gasteiger partial charge on any atom is -0.351 e. The number of piperidine rings is 1. The Labute approximate surface area is 101 Å². The molecule has 1 rings (SSSR count). The summed E-state index contributed by atoms with van der Waals surface area (Å²) in [4.78, 5) is 35.3. The Kier molecular flexibility index (Phi) is 4.62. The molecule has 1 heterocycles. The monoisotopic (exact) mass is 241 g/mol. The molecule has 6 nitrogen and oxygen atoms in total. The Morgan fingerprint density at radius 2 is 1.82 bits per heavy atom. The van der Waals surface area contributed by atoms with Gasteiger partial charge in [-0.15, -0.1) is 0 Å². The van der Waals surface area contributed by atoms with Crippen molar-refractivity contribution < 1.29 is 14.4 Å². The first-order valence-corrected chi connectivity index (χ1v) is 5.76. The molecule has 1 saturated heterocycles. The van der Waals surface area contributed by atoms with Crippen LogP contribution in [0, 0.1) is 5.92 Å².